The Morgan fingerprint density at radius 3 is 2.50 bits per heavy atom. The molecule has 5 nitrogen and oxygen atoms in total. The summed E-state index contributed by atoms with van der Waals surface area (Å²) >= 11 is 0. The summed E-state index contributed by atoms with van der Waals surface area (Å²) in [5, 5.41) is 12.4. The first-order valence-corrected chi connectivity index (χ1v) is 4.55. The first-order chi connectivity index (χ1) is 8.27. The molecule has 0 aromatic heterocycles. The normalized spacial score (nSPS) is 10.8. The van der Waals surface area contributed by atoms with Crippen LogP contribution in [0.3, 0.4) is 0 Å². The standard InChI is InChI=1S/C10H7F3N2O3/c1-2-8(16)14-9-6(10(11,12)13)4-3-5-7(9)15(17)18/h2-5H,1H2,(H,14,16). The van der Waals surface area contributed by atoms with Crippen LogP contribution in [-0.4, -0.2) is 10.8 Å². The maximum Gasteiger partial charge on any atom is 0.418 e. The summed E-state index contributed by atoms with van der Waals surface area (Å²) in [6.07, 6.45) is -4.09. The highest BCUT2D eigenvalue weighted by molar-refractivity contribution is 6.01. The molecule has 0 saturated carbocycles. The number of amides is 1. The van der Waals surface area contributed by atoms with E-state index in [0.717, 1.165) is 18.2 Å². The molecule has 0 radical (unpaired) electrons. The number of hydrogen-bond donors (Lipinski definition) is 1. The second kappa shape index (κ2) is 4.86. The summed E-state index contributed by atoms with van der Waals surface area (Å²) in [6, 6.07) is 2.41. The zero-order chi connectivity index (χ0) is 13.9. The highest BCUT2D eigenvalue weighted by Gasteiger charge is 2.37. The molecular formula is C10H7F3N2O3. The number of hydrogen-bond acceptors (Lipinski definition) is 3. The Morgan fingerprint density at radius 2 is 2.06 bits per heavy atom. The van der Waals surface area contributed by atoms with Crippen molar-refractivity contribution < 1.29 is 22.9 Å². The van der Waals surface area contributed by atoms with E-state index in [9.17, 15) is 28.1 Å². The van der Waals surface area contributed by atoms with Crippen molar-refractivity contribution in [3.8, 4) is 0 Å². The van der Waals surface area contributed by atoms with Gasteiger partial charge in [-0.3, -0.25) is 14.9 Å². The summed E-state index contributed by atoms with van der Waals surface area (Å²) < 4.78 is 37.9. The van der Waals surface area contributed by atoms with Crippen molar-refractivity contribution >= 4 is 17.3 Å². The number of nitro benzene ring substituents is 1. The van der Waals surface area contributed by atoms with E-state index >= 15 is 0 Å². The van der Waals surface area contributed by atoms with E-state index in [4.69, 9.17) is 0 Å². The van der Waals surface area contributed by atoms with Crippen LogP contribution in [-0.2, 0) is 11.0 Å². The smallest absolute Gasteiger partial charge is 0.316 e. The van der Waals surface area contributed by atoms with Crippen LogP contribution >= 0.6 is 0 Å². The molecule has 0 atom stereocenters. The Labute approximate surface area is 99.1 Å². The molecule has 1 N–H and O–H groups in total. The third-order valence-electron chi connectivity index (χ3n) is 1.98. The van der Waals surface area contributed by atoms with Crippen LogP contribution in [0.1, 0.15) is 5.56 Å². The van der Waals surface area contributed by atoms with Gasteiger partial charge in [-0.15, -0.1) is 0 Å². The number of anilines is 1. The van der Waals surface area contributed by atoms with Gasteiger partial charge in [-0.1, -0.05) is 12.6 Å². The van der Waals surface area contributed by atoms with Gasteiger partial charge >= 0.3 is 6.18 Å². The molecule has 0 unspecified atom stereocenters. The van der Waals surface area contributed by atoms with E-state index in [1.807, 2.05) is 0 Å². The fraction of sp³-hybridized carbons (Fsp3) is 0.100. The monoisotopic (exact) mass is 260 g/mol. The van der Waals surface area contributed by atoms with Gasteiger partial charge in [0.2, 0.25) is 5.91 Å². The Kier molecular flexibility index (Phi) is 3.70. The number of carbonyl (C=O) groups is 1. The number of nitrogens with one attached hydrogen (secondary N) is 1. The van der Waals surface area contributed by atoms with E-state index in [2.05, 4.69) is 6.58 Å². The van der Waals surface area contributed by atoms with Gasteiger partial charge in [-0.25, -0.2) is 0 Å². The van der Waals surface area contributed by atoms with E-state index in [1.165, 1.54) is 0 Å². The fourth-order valence-corrected chi connectivity index (χ4v) is 1.23. The second-order valence-electron chi connectivity index (χ2n) is 3.15. The van der Waals surface area contributed by atoms with E-state index in [1.54, 1.807) is 5.32 Å². The first-order valence-electron chi connectivity index (χ1n) is 4.55. The van der Waals surface area contributed by atoms with Gasteiger partial charge in [-0.05, 0) is 12.1 Å². The average molecular weight is 260 g/mol. The zero-order valence-electron chi connectivity index (χ0n) is 8.82. The highest BCUT2D eigenvalue weighted by atomic mass is 19.4. The first kappa shape index (κ1) is 13.7. The maximum atomic E-state index is 12.6. The molecule has 1 amide bonds. The highest BCUT2D eigenvalue weighted by Crippen LogP contribution is 2.39. The van der Waals surface area contributed by atoms with Crippen LogP contribution in [0.5, 0.6) is 0 Å². The zero-order valence-corrected chi connectivity index (χ0v) is 8.82. The van der Waals surface area contributed by atoms with E-state index in [-0.39, 0.29) is 0 Å². The Morgan fingerprint density at radius 1 is 1.44 bits per heavy atom. The molecule has 18 heavy (non-hydrogen) atoms. The van der Waals surface area contributed by atoms with Gasteiger partial charge in [-0.2, -0.15) is 13.2 Å². The summed E-state index contributed by atoms with van der Waals surface area (Å²) in [5.41, 5.74) is -3.01. The van der Waals surface area contributed by atoms with Crippen molar-refractivity contribution in [1.29, 1.82) is 0 Å². The number of halogens is 3. The van der Waals surface area contributed by atoms with Crippen molar-refractivity contribution in [3.63, 3.8) is 0 Å². The minimum atomic E-state index is -4.81. The van der Waals surface area contributed by atoms with Crippen LogP contribution in [0.2, 0.25) is 0 Å². The van der Waals surface area contributed by atoms with Crippen molar-refractivity contribution in [2.75, 3.05) is 5.32 Å². The van der Waals surface area contributed by atoms with Gasteiger partial charge in [0.15, 0.2) is 0 Å². The van der Waals surface area contributed by atoms with Gasteiger partial charge in [0, 0.05) is 6.07 Å². The lowest BCUT2D eigenvalue weighted by Gasteiger charge is -2.12. The van der Waals surface area contributed by atoms with Crippen molar-refractivity contribution in [2.24, 2.45) is 0 Å². The van der Waals surface area contributed by atoms with Gasteiger partial charge < -0.3 is 5.32 Å². The summed E-state index contributed by atoms with van der Waals surface area (Å²) in [6.45, 7) is 3.06. The molecule has 0 bridgehead atoms. The van der Waals surface area contributed by atoms with Gasteiger partial charge in [0.1, 0.15) is 5.69 Å². The Bertz CT molecular complexity index is 512. The van der Waals surface area contributed by atoms with Crippen LogP contribution < -0.4 is 5.32 Å². The SMILES string of the molecule is C=CC(=O)Nc1c([N+](=O)[O-])cccc1C(F)(F)F. The van der Waals surface area contributed by atoms with Crippen LogP contribution in [0, 0.1) is 10.1 Å². The number of carbonyl (C=O) groups excluding carboxylic acids is 1. The molecule has 8 heteroatoms. The molecular weight excluding hydrogens is 253 g/mol. The molecule has 0 fully saturated rings. The summed E-state index contributed by atoms with van der Waals surface area (Å²) in [7, 11) is 0. The van der Waals surface area contributed by atoms with Gasteiger partial charge in [0.25, 0.3) is 5.69 Å². The molecule has 1 rings (SSSR count). The topological polar surface area (TPSA) is 72.2 Å². The fourth-order valence-electron chi connectivity index (χ4n) is 1.23. The molecule has 1 aromatic rings. The van der Waals surface area contributed by atoms with Gasteiger partial charge in [0.05, 0.1) is 10.5 Å². The third-order valence-corrected chi connectivity index (χ3v) is 1.98. The molecule has 1 aromatic carbocycles. The minimum absolute atomic E-state index is 0.645. The molecule has 0 aliphatic heterocycles. The summed E-state index contributed by atoms with van der Waals surface area (Å²) in [5.74, 6) is -0.963. The van der Waals surface area contributed by atoms with Crippen LogP contribution in [0.15, 0.2) is 30.9 Å². The van der Waals surface area contributed by atoms with E-state index in [0.29, 0.717) is 6.07 Å². The number of alkyl halides is 3. The maximum absolute atomic E-state index is 12.6. The largest absolute Gasteiger partial charge is 0.418 e. The number of para-hydroxylation sites is 1. The second-order valence-corrected chi connectivity index (χ2v) is 3.15. The molecule has 0 aliphatic rings. The van der Waals surface area contributed by atoms with Crippen LogP contribution in [0.4, 0.5) is 24.5 Å². The third kappa shape index (κ3) is 2.84. The molecule has 0 aliphatic carbocycles. The predicted octanol–water partition coefficient (Wildman–Crippen LogP) is 2.74. The van der Waals surface area contributed by atoms with Crippen molar-refractivity contribution in [1.82, 2.24) is 0 Å². The molecule has 0 spiro atoms. The van der Waals surface area contributed by atoms with Crippen LogP contribution in [0.25, 0.3) is 0 Å². The predicted molar refractivity (Wildman–Crippen MR) is 56.9 cm³/mol. The quantitative estimate of drug-likeness (QED) is 0.516. The number of benzene rings is 1. The summed E-state index contributed by atoms with van der Waals surface area (Å²) in [4.78, 5) is 20.6. The van der Waals surface area contributed by atoms with Crippen molar-refractivity contribution in [3.05, 3.63) is 46.5 Å². The molecule has 0 heterocycles. The average Bonchev–Trinajstić information content (AvgIpc) is 2.27. The number of nitrogens with zero attached hydrogens (tertiary/aromatic N) is 1. The Hall–Kier alpha value is -2.38. The number of rotatable bonds is 3. The Balaban J connectivity index is 3.43. The lowest BCUT2D eigenvalue weighted by molar-refractivity contribution is -0.384. The number of nitro groups is 1. The minimum Gasteiger partial charge on any atom is -0.316 e. The molecule has 0 saturated heterocycles. The lowest BCUT2D eigenvalue weighted by Crippen LogP contribution is -2.16. The van der Waals surface area contributed by atoms with Crippen molar-refractivity contribution in [2.45, 2.75) is 6.18 Å². The lowest BCUT2D eigenvalue weighted by atomic mass is 10.1. The molecule has 96 valence electrons. The van der Waals surface area contributed by atoms with E-state index < -0.39 is 33.9 Å².